The third-order valence-electron chi connectivity index (χ3n) is 2.78. The molecule has 0 saturated heterocycles. The normalized spacial score (nSPS) is 15.1. The SMILES string of the molecule is CNC(C)C(=O)Nc1ccc2c(c1)CCO2. The largest absolute Gasteiger partial charge is 0.493 e. The Morgan fingerprint density at radius 1 is 1.50 bits per heavy atom. The molecule has 0 radical (unpaired) electrons. The second-order valence-electron chi connectivity index (χ2n) is 3.92. The second kappa shape index (κ2) is 4.53. The van der Waals surface area contributed by atoms with Gasteiger partial charge >= 0.3 is 0 Å². The van der Waals surface area contributed by atoms with Crippen LogP contribution >= 0.6 is 0 Å². The molecule has 1 atom stereocenters. The van der Waals surface area contributed by atoms with E-state index in [9.17, 15) is 4.79 Å². The molecule has 0 aliphatic carbocycles. The second-order valence-corrected chi connectivity index (χ2v) is 3.92. The smallest absolute Gasteiger partial charge is 0.241 e. The molecule has 2 N–H and O–H groups in total. The van der Waals surface area contributed by atoms with Crippen molar-refractivity contribution in [2.45, 2.75) is 19.4 Å². The van der Waals surface area contributed by atoms with Gasteiger partial charge in [0.1, 0.15) is 5.75 Å². The minimum absolute atomic E-state index is 0.0265. The maximum Gasteiger partial charge on any atom is 0.241 e. The van der Waals surface area contributed by atoms with Gasteiger partial charge in [0.15, 0.2) is 0 Å². The monoisotopic (exact) mass is 220 g/mol. The molecular weight excluding hydrogens is 204 g/mol. The Kier molecular flexibility index (Phi) is 3.10. The van der Waals surface area contributed by atoms with E-state index in [-0.39, 0.29) is 11.9 Å². The van der Waals surface area contributed by atoms with Crippen LogP contribution in [0.5, 0.6) is 5.75 Å². The summed E-state index contributed by atoms with van der Waals surface area (Å²) in [7, 11) is 1.76. The van der Waals surface area contributed by atoms with E-state index >= 15 is 0 Å². The molecule has 1 amide bonds. The fourth-order valence-corrected chi connectivity index (χ4v) is 1.65. The van der Waals surface area contributed by atoms with Crippen molar-refractivity contribution in [2.24, 2.45) is 0 Å². The summed E-state index contributed by atoms with van der Waals surface area (Å²) < 4.78 is 5.40. The molecule has 0 bridgehead atoms. The standard InChI is InChI=1S/C12H16N2O2/c1-8(13-2)12(15)14-10-3-4-11-9(7-10)5-6-16-11/h3-4,7-8,13H,5-6H2,1-2H3,(H,14,15). The Balaban J connectivity index is 2.08. The number of rotatable bonds is 3. The number of likely N-dealkylation sites (N-methyl/N-ethyl adjacent to an activating group) is 1. The summed E-state index contributed by atoms with van der Waals surface area (Å²) in [6.07, 6.45) is 0.917. The van der Waals surface area contributed by atoms with Crippen LogP contribution in [0.3, 0.4) is 0 Å². The van der Waals surface area contributed by atoms with Crippen molar-refractivity contribution < 1.29 is 9.53 Å². The van der Waals surface area contributed by atoms with Gasteiger partial charge in [0.2, 0.25) is 5.91 Å². The highest BCUT2D eigenvalue weighted by atomic mass is 16.5. The first kappa shape index (κ1) is 11.0. The summed E-state index contributed by atoms with van der Waals surface area (Å²) in [6.45, 7) is 2.56. The van der Waals surface area contributed by atoms with Crippen LogP contribution in [0.25, 0.3) is 0 Å². The fraction of sp³-hybridized carbons (Fsp3) is 0.417. The maximum atomic E-state index is 11.6. The van der Waals surface area contributed by atoms with Crippen LogP contribution in [0.2, 0.25) is 0 Å². The lowest BCUT2D eigenvalue weighted by molar-refractivity contribution is -0.117. The number of benzene rings is 1. The van der Waals surface area contributed by atoms with Gasteiger partial charge in [0.05, 0.1) is 12.6 Å². The highest BCUT2D eigenvalue weighted by Gasteiger charge is 2.14. The summed E-state index contributed by atoms with van der Waals surface area (Å²) in [5.41, 5.74) is 1.99. The third-order valence-corrected chi connectivity index (χ3v) is 2.78. The molecule has 0 saturated carbocycles. The van der Waals surface area contributed by atoms with Crippen LogP contribution in [0.1, 0.15) is 12.5 Å². The Bertz CT molecular complexity index is 404. The molecule has 1 aliphatic rings. The Hall–Kier alpha value is -1.55. The first-order chi connectivity index (χ1) is 7.70. The molecule has 4 nitrogen and oxygen atoms in total. The van der Waals surface area contributed by atoms with E-state index in [2.05, 4.69) is 10.6 Å². The number of ether oxygens (including phenoxy) is 1. The lowest BCUT2D eigenvalue weighted by Crippen LogP contribution is -2.35. The van der Waals surface area contributed by atoms with Crippen molar-refractivity contribution in [1.82, 2.24) is 5.32 Å². The van der Waals surface area contributed by atoms with Crippen molar-refractivity contribution in [2.75, 3.05) is 19.0 Å². The molecule has 1 aromatic rings. The zero-order chi connectivity index (χ0) is 11.5. The number of nitrogens with one attached hydrogen (secondary N) is 2. The molecule has 1 heterocycles. The summed E-state index contributed by atoms with van der Waals surface area (Å²) in [4.78, 5) is 11.6. The minimum atomic E-state index is -0.190. The molecule has 0 aromatic heterocycles. The number of carbonyl (C=O) groups is 1. The van der Waals surface area contributed by atoms with Gasteiger partial charge in [0, 0.05) is 12.1 Å². The summed E-state index contributed by atoms with van der Waals surface area (Å²) in [5.74, 6) is 0.904. The van der Waals surface area contributed by atoms with Gasteiger partial charge in [-0.2, -0.15) is 0 Å². The topological polar surface area (TPSA) is 50.4 Å². The number of hydrogen-bond donors (Lipinski definition) is 2. The highest BCUT2D eigenvalue weighted by Crippen LogP contribution is 2.27. The quantitative estimate of drug-likeness (QED) is 0.804. The van der Waals surface area contributed by atoms with Crippen molar-refractivity contribution in [3.05, 3.63) is 23.8 Å². The summed E-state index contributed by atoms with van der Waals surface area (Å²) in [5, 5.41) is 5.77. The first-order valence-corrected chi connectivity index (χ1v) is 5.44. The molecule has 86 valence electrons. The van der Waals surface area contributed by atoms with Crippen LogP contribution in [0.15, 0.2) is 18.2 Å². The lowest BCUT2D eigenvalue weighted by Gasteiger charge is -2.11. The number of carbonyl (C=O) groups excluding carboxylic acids is 1. The maximum absolute atomic E-state index is 11.6. The van der Waals surface area contributed by atoms with Crippen molar-refractivity contribution in [1.29, 1.82) is 0 Å². The zero-order valence-corrected chi connectivity index (χ0v) is 9.54. The molecule has 2 rings (SSSR count). The average molecular weight is 220 g/mol. The van der Waals surface area contributed by atoms with Crippen LogP contribution in [-0.4, -0.2) is 25.6 Å². The van der Waals surface area contributed by atoms with Gasteiger partial charge in [0.25, 0.3) is 0 Å². The molecule has 0 spiro atoms. The van der Waals surface area contributed by atoms with E-state index in [0.29, 0.717) is 0 Å². The van der Waals surface area contributed by atoms with Crippen molar-refractivity contribution in [3.63, 3.8) is 0 Å². The zero-order valence-electron chi connectivity index (χ0n) is 9.54. The minimum Gasteiger partial charge on any atom is -0.493 e. The Morgan fingerprint density at radius 2 is 2.31 bits per heavy atom. The van der Waals surface area contributed by atoms with Gasteiger partial charge in [-0.15, -0.1) is 0 Å². The van der Waals surface area contributed by atoms with Crippen LogP contribution in [-0.2, 0) is 11.2 Å². The highest BCUT2D eigenvalue weighted by molar-refractivity contribution is 5.94. The van der Waals surface area contributed by atoms with Crippen LogP contribution < -0.4 is 15.4 Å². The van der Waals surface area contributed by atoms with Crippen molar-refractivity contribution in [3.8, 4) is 5.75 Å². The van der Waals surface area contributed by atoms with E-state index in [1.165, 1.54) is 0 Å². The first-order valence-electron chi connectivity index (χ1n) is 5.44. The molecule has 16 heavy (non-hydrogen) atoms. The van der Waals surface area contributed by atoms with Gasteiger partial charge in [-0.3, -0.25) is 4.79 Å². The van der Waals surface area contributed by atoms with Crippen molar-refractivity contribution >= 4 is 11.6 Å². The van der Waals surface area contributed by atoms with Crippen LogP contribution in [0, 0.1) is 0 Å². The van der Waals surface area contributed by atoms with Gasteiger partial charge in [-0.1, -0.05) is 0 Å². The van der Waals surface area contributed by atoms with Crippen LogP contribution in [0.4, 0.5) is 5.69 Å². The van der Waals surface area contributed by atoms with E-state index in [1.54, 1.807) is 7.05 Å². The molecule has 0 fully saturated rings. The number of anilines is 1. The molecule has 1 aliphatic heterocycles. The summed E-state index contributed by atoms with van der Waals surface area (Å²) >= 11 is 0. The number of fused-ring (bicyclic) bond motifs is 1. The number of amides is 1. The average Bonchev–Trinajstić information content (AvgIpc) is 2.75. The third kappa shape index (κ3) is 2.17. The molecular formula is C12H16N2O2. The molecule has 1 aromatic carbocycles. The van der Waals surface area contributed by atoms with E-state index < -0.39 is 0 Å². The molecule has 1 unspecified atom stereocenters. The van der Waals surface area contributed by atoms with E-state index in [1.807, 2.05) is 25.1 Å². The Labute approximate surface area is 95.0 Å². The lowest BCUT2D eigenvalue weighted by atomic mass is 10.1. The number of hydrogen-bond acceptors (Lipinski definition) is 3. The van der Waals surface area contributed by atoms with Gasteiger partial charge in [-0.05, 0) is 37.7 Å². The van der Waals surface area contributed by atoms with E-state index in [0.717, 1.165) is 30.0 Å². The Morgan fingerprint density at radius 3 is 3.06 bits per heavy atom. The van der Waals surface area contributed by atoms with E-state index in [4.69, 9.17) is 4.74 Å². The van der Waals surface area contributed by atoms with Gasteiger partial charge < -0.3 is 15.4 Å². The molecule has 4 heteroatoms. The fourth-order valence-electron chi connectivity index (χ4n) is 1.65. The summed E-state index contributed by atoms with van der Waals surface area (Å²) in [6, 6.07) is 5.55. The predicted molar refractivity (Wildman–Crippen MR) is 62.8 cm³/mol. The predicted octanol–water partition coefficient (Wildman–Crippen LogP) is 1.17. The van der Waals surface area contributed by atoms with Gasteiger partial charge in [-0.25, -0.2) is 0 Å².